The van der Waals surface area contributed by atoms with E-state index in [9.17, 15) is 0 Å². The predicted molar refractivity (Wildman–Crippen MR) is 59.5 cm³/mol. The van der Waals surface area contributed by atoms with E-state index in [-0.39, 0.29) is 0 Å². The lowest BCUT2D eigenvalue weighted by atomic mass is 10.1. The van der Waals surface area contributed by atoms with Gasteiger partial charge in [0.1, 0.15) is 4.60 Å². The van der Waals surface area contributed by atoms with Gasteiger partial charge in [-0.05, 0) is 28.8 Å². The maximum absolute atomic E-state index is 4.33. The number of hydrogen-bond donors (Lipinski definition) is 0. The molecule has 0 aliphatic heterocycles. The fourth-order valence-corrected chi connectivity index (χ4v) is 2.08. The van der Waals surface area contributed by atoms with E-state index in [1.165, 1.54) is 5.69 Å². The average Bonchev–Trinajstić information content (AvgIpc) is 2.47. The third-order valence-electron chi connectivity index (χ3n) is 2.19. The topological polar surface area (TPSA) is 30.2 Å². The first-order valence-electron chi connectivity index (χ1n) is 4.59. The number of aryl methyl sites for hydroxylation is 1. The Morgan fingerprint density at radius 2 is 2.14 bits per heavy atom. The van der Waals surface area contributed by atoms with Gasteiger partial charge in [-0.1, -0.05) is 13.8 Å². The molecular weight excluding hydrogens is 242 g/mol. The molecule has 0 saturated carbocycles. The number of fused-ring (bicyclic) bond motifs is 1. The minimum absolute atomic E-state index is 0.471. The SMILES string of the molecule is Cc1cn2c(C(C)C)cnc2c(Br)n1. The fraction of sp³-hybridized carbons (Fsp3) is 0.400. The Balaban J connectivity index is 2.78. The predicted octanol–water partition coefficient (Wildman–Crippen LogP) is 2.92. The number of aromatic nitrogens is 3. The lowest BCUT2D eigenvalue weighted by Crippen LogP contribution is -1.98. The highest BCUT2D eigenvalue weighted by Crippen LogP contribution is 2.21. The molecule has 0 radical (unpaired) electrons. The third-order valence-corrected chi connectivity index (χ3v) is 2.72. The van der Waals surface area contributed by atoms with Gasteiger partial charge in [-0.25, -0.2) is 9.97 Å². The van der Waals surface area contributed by atoms with Crippen LogP contribution < -0.4 is 0 Å². The van der Waals surface area contributed by atoms with Crippen molar-refractivity contribution < 1.29 is 0 Å². The molecule has 0 aliphatic rings. The summed E-state index contributed by atoms with van der Waals surface area (Å²) in [6.45, 7) is 6.30. The van der Waals surface area contributed by atoms with Gasteiger partial charge in [-0.15, -0.1) is 0 Å². The summed E-state index contributed by atoms with van der Waals surface area (Å²) in [6, 6.07) is 0. The van der Waals surface area contributed by atoms with E-state index in [0.717, 1.165) is 15.9 Å². The number of rotatable bonds is 1. The normalized spacial score (nSPS) is 11.5. The summed E-state index contributed by atoms with van der Waals surface area (Å²) in [5.74, 6) is 0.471. The Kier molecular flexibility index (Phi) is 2.31. The molecule has 0 amide bonds. The van der Waals surface area contributed by atoms with Crippen molar-refractivity contribution in [3.05, 3.63) is 28.4 Å². The lowest BCUT2D eigenvalue weighted by Gasteiger charge is -2.05. The van der Waals surface area contributed by atoms with Crippen molar-refractivity contribution in [2.45, 2.75) is 26.7 Å². The molecule has 0 fully saturated rings. The number of hydrogen-bond acceptors (Lipinski definition) is 2. The third kappa shape index (κ3) is 1.43. The Morgan fingerprint density at radius 1 is 1.43 bits per heavy atom. The Bertz CT molecular complexity index is 473. The van der Waals surface area contributed by atoms with Gasteiger partial charge in [-0.3, -0.25) is 4.40 Å². The van der Waals surface area contributed by atoms with Crippen LogP contribution >= 0.6 is 15.9 Å². The largest absolute Gasteiger partial charge is 0.300 e. The first kappa shape index (κ1) is 9.65. The first-order chi connectivity index (χ1) is 6.59. The van der Waals surface area contributed by atoms with Gasteiger partial charge < -0.3 is 0 Å². The molecule has 0 aromatic carbocycles. The summed E-state index contributed by atoms with van der Waals surface area (Å²) < 4.78 is 2.90. The molecule has 0 unspecified atom stereocenters. The molecule has 0 atom stereocenters. The minimum atomic E-state index is 0.471. The van der Waals surface area contributed by atoms with Crippen LogP contribution in [0.4, 0.5) is 0 Å². The van der Waals surface area contributed by atoms with Crippen molar-refractivity contribution >= 4 is 21.6 Å². The van der Waals surface area contributed by atoms with Gasteiger partial charge in [0.25, 0.3) is 0 Å². The van der Waals surface area contributed by atoms with Gasteiger partial charge in [0.2, 0.25) is 0 Å². The molecule has 74 valence electrons. The van der Waals surface area contributed by atoms with E-state index in [0.29, 0.717) is 5.92 Å². The van der Waals surface area contributed by atoms with Crippen LogP contribution in [0.25, 0.3) is 5.65 Å². The van der Waals surface area contributed by atoms with Crippen molar-refractivity contribution in [3.8, 4) is 0 Å². The van der Waals surface area contributed by atoms with Crippen molar-refractivity contribution in [1.29, 1.82) is 0 Å². The van der Waals surface area contributed by atoms with Crippen LogP contribution in [-0.4, -0.2) is 14.4 Å². The van der Waals surface area contributed by atoms with Crippen LogP contribution in [0.2, 0.25) is 0 Å². The Morgan fingerprint density at radius 3 is 2.79 bits per heavy atom. The molecule has 0 spiro atoms. The van der Waals surface area contributed by atoms with E-state index >= 15 is 0 Å². The van der Waals surface area contributed by atoms with E-state index in [1.807, 2.05) is 19.3 Å². The van der Waals surface area contributed by atoms with Crippen molar-refractivity contribution in [2.75, 3.05) is 0 Å². The van der Waals surface area contributed by atoms with Crippen LogP contribution in [0.15, 0.2) is 17.0 Å². The average molecular weight is 254 g/mol. The molecular formula is C10H12BrN3. The molecule has 2 aromatic heterocycles. The summed E-state index contributed by atoms with van der Waals surface area (Å²) in [5, 5.41) is 0. The number of nitrogens with zero attached hydrogens (tertiary/aromatic N) is 3. The maximum atomic E-state index is 4.33. The lowest BCUT2D eigenvalue weighted by molar-refractivity contribution is 0.803. The summed E-state index contributed by atoms with van der Waals surface area (Å²) in [6.07, 6.45) is 3.92. The second-order valence-corrected chi connectivity index (χ2v) is 4.46. The quantitative estimate of drug-likeness (QED) is 0.783. The zero-order chi connectivity index (χ0) is 10.3. The van der Waals surface area contributed by atoms with Gasteiger partial charge in [0.05, 0.1) is 5.69 Å². The zero-order valence-electron chi connectivity index (χ0n) is 8.45. The zero-order valence-corrected chi connectivity index (χ0v) is 10.0. The first-order valence-corrected chi connectivity index (χ1v) is 5.39. The van der Waals surface area contributed by atoms with E-state index in [1.54, 1.807) is 0 Å². The Hall–Kier alpha value is -0.900. The molecule has 14 heavy (non-hydrogen) atoms. The summed E-state index contributed by atoms with van der Waals surface area (Å²) in [4.78, 5) is 8.64. The van der Waals surface area contributed by atoms with Crippen LogP contribution in [0.5, 0.6) is 0 Å². The molecule has 0 N–H and O–H groups in total. The highest BCUT2D eigenvalue weighted by molar-refractivity contribution is 9.10. The Labute approximate surface area is 91.3 Å². The van der Waals surface area contributed by atoms with Gasteiger partial charge >= 0.3 is 0 Å². The second kappa shape index (κ2) is 3.35. The van der Waals surface area contributed by atoms with Crippen molar-refractivity contribution in [1.82, 2.24) is 14.4 Å². The van der Waals surface area contributed by atoms with Gasteiger partial charge in [0, 0.05) is 18.1 Å². The van der Waals surface area contributed by atoms with Crippen molar-refractivity contribution in [2.24, 2.45) is 0 Å². The van der Waals surface area contributed by atoms with Gasteiger partial charge in [0.15, 0.2) is 5.65 Å². The van der Waals surface area contributed by atoms with Gasteiger partial charge in [-0.2, -0.15) is 0 Å². The molecule has 0 saturated heterocycles. The molecule has 0 bridgehead atoms. The molecule has 2 rings (SSSR count). The van der Waals surface area contributed by atoms with Crippen LogP contribution in [-0.2, 0) is 0 Å². The second-order valence-electron chi connectivity index (χ2n) is 3.70. The van der Waals surface area contributed by atoms with E-state index in [2.05, 4.69) is 44.1 Å². The molecule has 0 aliphatic carbocycles. The number of imidazole rings is 1. The summed E-state index contributed by atoms with van der Waals surface area (Å²) >= 11 is 3.42. The maximum Gasteiger partial charge on any atom is 0.170 e. The van der Waals surface area contributed by atoms with Crippen LogP contribution in [0.1, 0.15) is 31.2 Å². The molecule has 4 heteroatoms. The van der Waals surface area contributed by atoms with Crippen LogP contribution in [0.3, 0.4) is 0 Å². The smallest absolute Gasteiger partial charge is 0.170 e. The van der Waals surface area contributed by atoms with E-state index in [4.69, 9.17) is 0 Å². The number of halogens is 1. The standard InChI is InChI=1S/C10H12BrN3/c1-6(2)8-4-12-10-9(11)13-7(3)5-14(8)10/h4-6H,1-3H3. The molecule has 3 nitrogen and oxygen atoms in total. The molecule has 2 heterocycles. The van der Waals surface area contributed by atoms with Crippen LogP contribution in [0, 0.1) is 6.92 Å². The van der Waals surface area contributed by atoms with Crippen molar-refractivity contribution in [3.63, 3.8) is 0 Å². The summed E-state index contributed by atoms with van der Waals surface area (Å²) in [5.41, 5.74) is 3.09. The highest BCUT2D eigenvalue weighted by atomic mass is 79.9. The van der Waals surface area contributed by atoms with E-state index < -0.39 is 0 Å². The highest BCUT2D eigenvalue weighted by Gasteiger charge is 2.10. The minimum Gasteiger partial charge on any atom is -0.300 e. The monoisotopic (exact) mass is 253 g/mol. The summed E-state index contributed by atoms with van der Waals surface area (Å²) in [7, 11) is 0. The fourth-order valence-electron chi connectivity index (χ4n) is 1.51. The molecule has 2 aromatic rings.